The Morgan fingerprint density at radius 3 is 2.75 bits per heavy atom. The fraction of sp³-hybridized carbons (Fsp3) is 0.824. The van der Waals surface area contributed by atoms with Crippen LogP contribution in [0.1, 0.15) is 57.7 Å². The highest BCUT2D eigenvalue weighted by Crippen LogP contribution is 2.43. The van der Waals surface area contributed by atoms with Crippen molar-refractivity contribution in [2.75, 3.05) is 6.54 Å². The van der Waals surface area contributed by atoms with E-state index in [1.807, 2.05) is 11.3 Å². The molecule has 2 atom stereocenters. The van der Waals surface area contributed by atoms with Gasteiger partial charge in [-0.25, -0.2) is 4.98 Å². The fourth-order valence-electron chi connectivity index (χ4n) is 3.41. The molecule has 0 aromatic carbocycles. The molecule has 2 unspecified atom stereocenters. The van der Waals surface area contributed by atoms with Crippen LogP contribution in [0.2, 0.25) is 0 Å². The van der Waals surface area contributed by atoms with Crippen LogP contribution in [-0.4, -0.2) is 17.6 Å². The van der Waals surface area contributed by atoms with E-state index in [-0.39, 0.29) is 0 Å². The maximum absolute atomic E-state index is 4.68. The van der Waals surface area contributed by atoms with Crippen molar-refractivity contribution in [2.45, 2.75) is 66.3 Å². The third-order valence-electron chi connectivity index (χ3n) is 4.57. The summed E-state index contributed by atoms with van der Waals surface area (Å²) in [5.41, 5.74) is 1.68. The van der Waals surface area contributed by atoms with Gasteiger partial charge in [0.15, 0.2) is 0 Å². The monoisotopic (exact) mass is 294 g/mol. The van der Waals surface area contributed by atoms with Gasteiger partial charge in [-0.15, -0.1) is 11.3 Å². The van der Waals surface area contributed by atoms with Gasteiger partial charge in [-0.05, 0) is 50.0 Å². The van der Waals surface area contributed by atoms with Crippen molar-refractivity contribution in [2.24, 2.45) is 17.3 Å². The topological polar surface area (TPSA) is 24.9 Å². The molecule has 2 nitrogen and oxygen atoms in total. The highest BCUT2D eigenvalue weighted by molar-refractivity contribution is 7.09. The number of hydrogen-bond donors (Lipinski definition) is 1. The minimum atomic E-state index is 0.505. The number of thiazole rings is 1. The summed E-state index contributed by atoms with van der Waals surface area (Å²) in [6.07, 6.45) is 5.25. The average molecular weight is 295 g/mol. The van der Waals surface area contributed by atoms with Crippen molar-refractivity contribution in [3.05, 3.63) is 16.1 Å². The van der Waals surface area contributed by atoms with Crippen molar-refractivity contribution in [3.8, 4) is 0 Å². The Morgan fingerprint density at radius 1 is 1.40 bits per heavy atom. The summed E-state index contributed by atoms with van der Waals surface area (Å²) in [4.78, 5) is 4.68. The van der Waals surface area contributed by atoms with Gasteiger partial charge in [0.1, 0.15) is 0 Å². The van der Waals surface area contributed by atoms with E-state index in [0.29, 0.717) is 11.5 Å². The summed E-state index contributed by atoms with van der Waals surface area (Å²) in [7, 11) is 0. The summed E-state index contributed by atoms with van der Waals surface area (Å²) in [6, 6.07) is 0.590. The zero-order valence-corrected chi connectivity index (χ0v) is 14.5. The van der Waals surface area contributed by atoms with E-state index in [0.717, 1.165) is 11.8 Å². The molecule has 20 heavy (non-hydrogen) atoms. The van der Waals surface area contributed by atoms with Gasteiger partial charge in [0, 0.05) is 23.5 Å². The minimum absolute atomic E-state index is 0.505. The molecule has 0 spiro atoms. The summed E-state index contributed by atoms with van der Waals surface area (Å²) < 4.78 is 0. The van der Waals surface area contributed by atoms with Gasteiger partial charge in [-0.3, -0.25) is 0 Å². The molecule has 3 heteroatoms. The molecule has 1 aromatic heterocycles. The second kappa shape index (κ2) is 6.57. The van der Waals surface area contributed by atoms with Crippen molar-refractivity contribution in [3.63, 3.8) is 0 Å². The molecule has 2 rings (SSSR count). The maximum Gasteiger partial charge on any atom is 0.0930 e. The molecule has 0 aliphatic heterocycles. The Kier molecular flexibility index (Phi) is 5.25. The molecule has 1 N–H and O–H groups in total. The highest BCUT2D eigenvalue weighted by atomic mass is 32.1. The molecular weight excluding hydrogens is 264 g/mol. The van der Waals surface area contributed by atoms with Crippen molar-refractivity contribution < 1.29 is 0 Å². The van der Waals surface area contributed by atoms with E-state index in [1.165, 1.54) is 42.9 Å². The Hall–Kier alpha value is -0.410. The van der Waals surface area contributed by atoms with Crippen LogP contribution < -0.4 is 5.32 Å². The molecule has 1 aliphatic carbocycles. The first-order valence-electron chi connectivity index (χ1n) is 8.00. The largest absolute Gasteiger partial charge is 0.314 e. The first kappa shape index (κ1) is 16.0. The zero-order valence-electron chi connectivity index (χ0n) is 13.7. The van der Waals surface area contributed by atoms with Crippen LogP contribution in [0, 0.1) is 24.2 Å². The second-order valence-electron chi connectivity index (χ2n) is 7.58. The SMILES string of the molecule is Cc1csc(CC2CC(C)(C)CCC2CNC(C)C)n1. The van der Waals surface area contributed by atoms with Gasteiger partial charge in [-0.1, -0.05) is 27.7 Å². The summed E-state index contributed by atoms with van der Waals surface area (Å²) >= 11 is 1.84. The molecule has 1 aromatic rings. The molecule has 0 saturated heterocycles. The third kappa shape index (κ3) is 4.56. The van der Waals surface area contributed by atoms with Crippen LogP contribution in [0.25, 0.3) is 0 Å². The maximum atomic E-state index is 4.68. The number of aryl methyl sites for hydroxylation is 1. The van der Waals surface area contributed by atoms with Crippen LogP contribution in [-0.2, 0) is 6.42 Å². The van der Waals surface area contributed by atoms with Crippen LogP contribution in [0.5, 0.6) is 0 Å². The van der Waals surface area contributed by atoms with E-state index in [9.17, 15) is 0 Å². The van der Waals surface area contributed by atoms with Gasteiger partial charge in [0.05, 0.1) is 5.01 Å². The minimum Gasteiger partial charge on any atom is -0.314 e. The third-order valence-corrected chi connectivity index (χ3v) is 5.55. The number of hydrogen-bond acceptors (Lipinski definition) is 3. The predicted molar refractivity (Wildman–Crippen MR) is 88.3 cm³/mol. The molecule has 1 fully saturated rings. The van der Waals surface area contributed by atoms with Gasteiger partial charge in [0.25, 0.3) is 0 Å². The van der Waals surface area contributed by atoms with E-state index >= 15 is 0 Å². The van der Waals surface area contributed by atoms with Crippen LogP contribution in [0.4, 0.5) is 0 Å². The number of aromatic nitrogens is 1. The number of nitrogens with one attached hydrogen (secondary N) is 1. The van der Waals surface area contributed by atoms with Gasteiger partial charge < -0.3 is 5.32 Å². The molecule has 1 heterocycles. The van der Waals surface area contributed by atoms with Gasteiger partial charge in [0.2, 0.25) is 0 Å². The lowest BCUT2D eigenvalue weighted by molar-refractivity contribution is 0.114. The Balaban J connectivity index is 2.01. The fourth-order valence-corrected chi connectivity index (χ4v) is 4.27. The molecular formula is C17H30N2S. The van der Waals surface area contributed by atoms with E-state index in [4.69, 9.17) is 0 Å². The first-order valence-corrected chi connectivity index (χ1v) is 8.88. The quantitative estimate of drug-likeness (QED) is 0.868. The lowest BCUT2D eigenvalue weighted by atomic mass is 9.66. The lowest BCUT2D eigenvalue weighted by Crippen LogP contribution is -2.38. The summed E-state index contributed by atoms with van der Waals surface area (Å²) in [6.45, 7) is 12.6. The lowest BCUT2D eigenvalue weighted by Gasteiger charge is -2.41. The van der Waals surface area contributed by atoms with E-state index < -0.39 is 0 Å². The Bertz CT molecular complexity index is 420. The average Bonchev–Trinajstić information content (AvgIpc) is 2.72. The molecule has 0 radical (unpaired) electrons. The zero-order chi connectivity index (χ0) is 14.8. The van der Waals surface area contributed by atoms with Crippen molar-refractivity contribution >= 4 is 11.3 Å². The molecule has 1 aliphatic rings. The Morgan fingerprint density at radius 2 is 2.15 bits per heavy atom. The highest BCUT2D eigenvalue weighted by Gasteiger charge is 2.35. The molecule has 114 valence electrons. The Labute approximate surface area is 128 Å². The summed E-state index contributed by atoms with van der Waals surface area (Å²) in [5.74, 6) is 1.60. The first-order chi connectivity index (χ1) is 9.35. The molecule has 0 bridgehead atoms. The summed E-state index contributed by atoms with van der Waals surface area (Å²) in [5, 5.41) is 7.16. The molecule has 1 saturated carbocycles. The van der Waals surface area contributed by atoms with E-state index in [2.05, 4.69) is 50.3 Å². The van der Waals surface area contributed by atoms with Crippen molar-refractivity contribution in [1.82, 2.24) is 10.3 Å². The second-order valence-corrected chi connectivity index (χ2v) is 8.52. The van der Waals surface area contributed by atoms with Gasteiger partial charge >= 0.3 is 0 Å². The standard InChI is InChI=1S/C17H30N2S/c1-12(2)18-10-14-6-7-17(4,5)9-15(14)8-16-19-13(3)11-20-16/h11-12,14-15,18H,6-10H2,1-5H3. The predicted octanol–water partition coefficient (Wildman–Crippen LogP) is 4.43. The van der Waals surface area contributed by atoms with E-state index in [1.54, 1.807) is 0 Å². The molecule has 0 amide bonds. The van der Waals surface area contributed by atoms with Crippen molar-refractivity contribution in [1.29, 1.82) is 0 Å². The van der Waals surface area contributed by atoms with Gasteiger partial charge in [-0.2, -0.15) is 0 Å². The normalized spacial score (nSPS) is 26.1. The smallest absolute Gasteiger partial charge is 0.0930 e. The van der Waals surface area contributed by atoms with Crippen LogP contribution in [0.3, 0.4) is 0 Å². The van der Waals surface area contributed by atoms with Crippen LogP contribution in [0.15, 0.2) is 5.38 Å². The van der Waals surface area contributed by atoms with Crippen LogP contribution >= 0.6 is 11.3 Å². The number of nitrogens with zero attached hydrogens (tertiary/aromatic N) is 1. The number of rotatable bonds is 5.